The van der Waals surface area contributed by atoms with Crippen molar-refractivity contribution >= 4 is 23.7 Å². The summed E-state index contributed by atoms with van der Waals surface area (Å²) in [5, 5.41) is 4.90. The Bertz CT molecular complexity index is 272. The maximum absolute atomic E-state index is 11.4. The standard InChI is InChI=1S/C9H16N2O2S/c1-8(2,3)14-5-9(4)6(12)10-7(13)11-9/h5H2,1-4H3,(H2,10,11,12,13)/p+1/t9-/m1/s1. The lowest BCUT2D eigenvalue weighted by Crippen LogP contribution is -2.49. The molecular formula is C9H17N2O2S+. The number of hydrogen-bond donors (Lipinski definition) is 2. The number of rotatable bonds is 2. The minimum absolute atomic E-state index is 0.149. The Balaban J connectivity index is 2.59. The monoisotopic (exact) mass is 217 g/mol. The van der Waals surface area contributed by atoms with Crippen LogP contribution in [-0.2, 0) is 16.6 Å². The molecule has 1 heterocycles. The van der Waals surface area contributed by atoms with Gasteiger partial charge in [0.1, 0.15) is 10.5 Å². The van der Waals surface area contributed by atoms with Gasteiger partial charge in [0.05, 0.1) is 0 Å². The third kappa shape index (κ3) is 2.64. The van der Waals surface area contributed by atoms with Gasteiger partial charge in [-0.3, -0.25) is 10.1 Å². The highest BCUT2D eigenvalue weighted by Crippen LogP contribution is 2.16. The van der Waals surface area contributed by atoms with E-state index in [2.05, 4.69) is 31.4 Å². The van der Waals surface area contributed by atoms with Crippen molar-refractivity contribution in [2.75, 3.05) is 5.75 Å². The van der Waals surface area contributed by atoms with Crippen molar-refractivity contribution in [3.8, 4) is 0 Å². The second-order valence-electron chi connectivity index (χ2n) is 4.73. The molecule has 14 heavy (non-hydrogen) atoms. The van der Waals surface area contributed by atoms with E-state index in [1.54, 1.807) is 6.92 Å². The minimum atomic E-state index is -0.730. The highest BCUT2D eigenvalue weighted by Gasteiger charge is 2.45. The predicted molar refractivity (Wildman–Crippen MR) is 58.5 cm³/mol. The van der Waals surface area contributed by atoms with E-state index >= 15 is 0 Å². The van der Waals surface area contributed by atoms with E-state index in [0.29, 0.717) is 5.75 Å². The quantitative estimate of drug-likeness (QED) is 0.394. The molecule has 0 radical (unpaired) electrons. The molecule has 1 rings (SSSR count). The van der Waals surface area contributed by atoms with E-state index in [1.165, 1.54) is 0 Å². The van der Waals surface area contributed by atoms with Crippen LogP contribution in [0.1, 0.15) is 27.7 Å². The first-order chi connectivity index (χ1) is 6.23. The van der Waals surface area contributed by atoms with Gasteiger partial charge in [-0.05, 0) is 39.5 Å². The highest BCUT2D eigenvalue weighted by molar-refractivity contribution is 7.80. The van der Waals surface area contributed by atoms with Crippen molar-refractivity contribution in [2.24, 2.45) is 0 Å². The fourth-order valence-corrected chi connectivity index (χ4v) is 2.10. The zero-order chi connectivity index (χ0) is 11.0. The summed E-state index contributed by atoms with van der Waals surface area (Å²) in [4.78, 5) is 22.4. The van der Waals surface area contributed by atoms with Gasteiger partial charge in [-0.15, -0.1) is 0 Å². The summed E-state index contributed by atoms with van der Waals surface area (Å²) in [5.74, 6) is 0.424. The fraction of sp³-hybridized carbons (Fsp3) is 0.778. The van der Waals surface area contributed by atoms with Gasteiger partial charge in [-0.1, -0.05) is 0 Å². The van der Waals surface area contributed by atoms with Crippen molar-refractivity contribution in [1.29, 1.82) is 0 Å². The second kappa shape index (κ2) is 3.46. The molecule has 0 spiro atoms. The van der Waals surface area contributed by atoms with Gasteiger partial charge >= 0.3 is 6.03 Å². The Morgan fingerprint density at radius 3 is 2.29 bits per heavy atom. The largest absolute Gasteiger partial charge is 0.322 e. The van der Waals surface area contributed by atoms with Gasteiger partial charge in [0.2, 0.25) is 0 Å². The molecule has 1 fully saturated rings. The molecule has 0 aromatic carbocycles. The summed E-state index contributed by atoms with van der Waals surface area (Å²) in [6, 6.07) is -0.387. The van der Waals surface area contributed by atoms with Crippen LogP contribution in [0.3, 0.4) is 0 Å². The average Bonchev–Trinajstić information content (AvgIpc) is 2.22. The van der Waals surface area contributed by atoms with Crippen LogP contribution >= 0.6 is 0 Å². The number of urea groups is 1. The molecule has 3 amide bonds. The maximum Gasteiger partial charge on any atom is 0.322 e. The number of thiol groups is 1. The Morgan fingerprint density at radius 2 is 1.93 bits per heavy atom. The number of hydrogen-bond acceptors (Lipinski definition) is 2. The molecule has 4 nitrogen and oxygen atoms in total. The molecule has 1 aliphatic heterocycles. The Labute approximate surface area is 88.2 Å². The zero-order valence-corrected chi connectivity index (χ0v) is 9.87. The maximum atomic E-state index is 11.4. The van der Waals surface area contributed by atoms with Crippen LogP contribution in [0, 0.1) is 0 Å². The van der Waals surface area contributed by atoms with Crippen molar-refractivity contribution in [2.45, 2.75) is 38.0 Å². The molecule has 0 bridgehead atoms. The molecule has 5 heteroatoms. The normalized spacial score (nSPS) is 27.4. The number of carbonyl (C=O) groups is 2. The van der Waals surface area contributed by atoms with E-state index in [0.717, 1.165) is 11.8 Å². The highest BCUT2D eigenvalue weighted by atomic mass is 32.2. The summed E-state index contributed by atoms with van der Waals surface area (Å²) in [7, 11) is 0. The molecule has 80 valence electrons. The summed E-state index contributed by atoms with van der Waals surface area (Å²) in [6.07, 6.45) is 0. The van der Waals surface area contributed by atoms with Crippen LogP contribution in [0.25, 0.3) is 0 Å². The lowest BCUT2D eigenvalue weighted by Gasteiger charge is -2.19. The predicted octanol–water partition coefficient (Wildman–Crippen LogP) is 0.198. The number of amides is 3. The van der Waals surface area contributed by atoms with Gasteiger partial charge in [-0.25, -0.2) is 4.79 Å². The molecule has 1 saturated heterocycles. The van der Waals surface area contributed by atoms with E-state index in [-0.39, 0.29) is 16.7 Å². The number of imide groups is 1. The lowest BCUT2D eigenvalue weighted by atomic mass is 10.1. The summed E-state index contributed by atoms with van der Waals surface area (Å²) in [6.45, 7) is 8.07. The molecular weight excluding hydrogens is 200 g/mol. The first kappa shape index (κ1) is 11.4. The minimum Gasteiger partial charge on any atom is -0.319 e. The van der Waals surface area contributed by atoms with E-state index in [4.69, 9.17) is 0 Å². The van der Waals surface area contributed by atoms with Crippen LogP contribution in [0.15, 0.2) is 0 Å². The Morgan fingerprint density at radius 1 is 1.36 bits per heavy atom. The molecule has 2 N–H and O–H groups in total. The molecule has 0 aromatic rings. The lowest BCUT2D eigenvalue weighted by molar-refractivity contribution is -0.122. The third-order valence-corrected chi connectivity index (χ3v) is 3.73. The zero-order valence-electron chi connectivity index (χ0n) is 8.97. The second-order valence-corrected chi connectivity index (χ2v) is 6.70. The van der Waals surface area contributed by atoms with Gasteiger partial charge in [0, 0.05) is 0 Å². The number of carbonyl (C=O) groups excluding carboxylic acids is 2. The molecule has 1 atom stereocenters. The van der Waals surface area contributed by atoms with Gasteiger partial charge in [-0.2, -0.15) is 0 Å². The van der Waals surface area contributed by atoms with Crippen LogP contribution in [0.2, 0.25) is 0 Å². The molecule has 0 aliphatic carbocycles. The van der Waals surface area contributed by atoms with Crippen LogP contribution in [0.4, 0.5) is 4.79 Å². The van der Waals surface area contributed by atoms with Crippen molar-refractivity contribution in [3.05, 3.63) is 0 Å². The third-order valence-electron chi connectivity index (χ3n) is 1.99. The molecule has 0 aromatic heterocycles. The Kier molecular flexibility index (Phi) is 2.81. The molecule has 0 unspecified atom stereocenters. The fourth-order valence-electron chi connectivity index (χ4n) is 1.09. The molecule has 0 saturated carbocycles. The van der Waals surface area contributed by atoms with E-state index in [9.17, 15) is 9.59 Å². The van der Waals surface area contributed by atoms with E-state index < -0.39 is 5.54 Å². The van der Waals surface area contributed by atoms with Crippen molar-refractivity contribution < 1.29 is 9.59 Å². The van der Waals surface area contributed by atoms with Gasteiger partial charge in [0.15, 0.2) is 5.54 Å². The SMILES string of the molecule is CC(C)(C)[SH+]C[C@@]1(C)NC(=O)NC1=O. The number of nitrogens with one attached hydrogen (secondary N) is 2. The van der Waals surface area contributed by atoms with Crippen molar-refractivity contribution in [3.63, 3.8) is 0 Å². The first-order valence-corrected chi connectivity index (χ1v) is 5.63. The van der Waals surface area contributed by atoms with Crippen LogP contribution < -0.4 is 10.6 Å². The summed E-state index contributed by atoms with van der Waals surface area (Å²) < 4.78 is 0.149. The van der Waals surface area contributed by atoms with Crippen molar-refractivity contribution in [1.82, 2.24) is 10.6 Å². The van der Waals surface area contributed by atoms with Crippen LogP contribution in [-0.4, -0.2) is 28.0 Å². The topological polar surface area (TPSA) is 58.2 Å². The first-order valence-electron chi connectivity index (χ1n) is 4.55. The smallest absolute Gasteiger partial charge is 0.319 e. The average molecular weight is 217 g/mol. The summed E-state index contributed by atoms with van der Waals surface area (Å²) in [5.41, 5.74) is -0.730. The molecule has 1 aliphatic rings. The summed E-state index contributed by atoms with van der Waals surface area (Å²) >= 11 is 1.15. The van der Waals surface area contributed by atoms with Crippen LogP contribution in [0.5, 0.6) is 0 Å². The Hall–Kier alpha value is -0.710. The van der Waals surface area contributed by atoms with Gasteiger partial charge < -0.3 is 5.32 Å². The van der Waals surface area contributed by atoms with Gasteiger partial charge in [0.25, 0.3) is 5.91 Å². The van der Waals surface area contributed by atoms with E-state index in [1.807, 2.05) is 0 Å².